The second-order valence-electron chi connectivity index (χ2n) is 12.4. The van der Waals surface area contributed by atoms with E-state index in [-0.39, 0.29) is 17.9 Å². The van der Waals surface area contributed by atoms with Crippen LogP contribution in [0.25, 0.3) is 10.4 Å². The zero-order valence-electron chi connectivity index (χ0n) is 24.3. The van der Waals surface area contributed by atoms with Gasteiger partial charge in [-0.2, -0.15) is 5.26 Å². The summed E-state index contributed by atoms with van der Waals surface area (Å²) in [6, 6.07) is 8.45. The minimum absolute atomic E-state index is 0.262. The van der Waals surface area contributed by atoms with Crippen LogP contribution >= 0.6 is 11.3 Å². The highest BCUT2D eigenvalue weighted by Crippen LogP contribution is 2.45. The van der Waals surface area contributed by atoms with Gasteiger partial charge in [-0.1, -0.05) is 45.0 Å². The Morgan fingerprint density at radius 2 is 1.95 bits per heavy atom. The average Bonchev–Trinajstić information content (AvgIpc) is 3.26. The molecule has 0 bridgehead atoms. The number of carbonyl (C=O) groups is 3. The van der Waals surface area contributed by atoms with Gasteiger partial charge in [0, 0.05) is 20.1 Å². The quantitative estimate of drug-likeness (QED) is 0.519. The first-order chi connectivity index (χ1) is 19.3. The molecule has 4 atom stereocenters. The number of amidine groups is 1. The van der Waals surface area contributed by atoms with Crippen LogP contribution in [0.15, 0.2) is 34.8 Å². The molecule has 2 unspecified atom stereocenters. The van der Waals surface area contributed by atoms with Crippen LogP contribution in [0.3, 0.4) is 0 Å². The Morgan fingerprint density at radius 1 is 1.27 bits per heavy atom. The van der Waals surface area contributed by atoms with Crippen LogP contribution in [0, 0.1) is 29.1 Å². The Morgan fingerprint density at radius 3 is 2.49 bits per heavy atom. The predicted molar refractivity (Wildman–Crippen MR) is 155 cm³/mol. The van der Waals surface area contributed by atoms with E-state index in [1.165, 1.54) is 0 Å². The van der Waals surface area contributed by atoms with Crippen molar-refractivity contribution in [2.24, 2.45) is 15.8 Å². The van der Waals surface area contributed by atoms with E-state index in [4.69, 9.17) is 9.73 Å². The zero-order chi connectivity index (χ0) is 29.7. The van der Waals surface area contributed by atoms with Gasteiger partial charge in [0.25, 0.3) is 5.91 Å². The van der Waals surface area contributed by atoms with Crippen molar-refractivity contribution in [1.82, 2.24) is 20.5 Å². The molecular formula is C30H36N6O4S. The standard InChI is InChI=1S/C30H36N6O4S/c1-17-22(41-16-32-17)18-7-9-19(10-8-18)29(5)26(38)34-24(35-29)21-13-20(40-6)14-36(21)25(37)23(28(2,3)4)33-27(39)30(15-31)11-12-30/h7-10,16,20-21,23H,11-14H2,1-6H3,(H,33,39)(H,34,35,38)/t20?,21-,23?,29+/m1/s1. The lowest BCUT2D eigenvalue weighted by molar-refractivity contribution is -0.140. The Hall–Kier alpha value is -3.62. The van der Waals surface area contributed by atoms with Crippen LogP contribution < -0.4 is 10.6 Å². The molecule has 11 heteroatoms. The smallest absolute Gasteiger partial charge is 0.257 e. The van der Waals surface area contributed by atoms with E-state index in [1.54, 1.807) is 30.3 Å². The number of amides is 3. The van der Waals surface area contributed by atoms with Crippen molar-refractivity contribution in [3.63, 3.8) is 0 Å². The summed E-state index contributed by atoms with van der Waals surface area (Å²) < 4.78 is 5.63. The van der Waals surface area contributed by atoms with Crippen LogP contribution in [-0.2, 0) is 24.7 Å². The van der Waals surface area contributed by atoms with Crippen LogP contribution in [-0.4, -0.2) is 65.3 Å². The number of nitrogens with zero attached hydrogens (tertiary/aromatic N) is 4. The molecule has 0 radical (unpaired) electrons. The number of hydrogen-bond donors (Lipinski definition) is 2. The number of rotatable bonds is 7. The van der Waals surface area contributed by atoms with Crippen molar-refractivity contribution in [2.75, 3.05) is 13.7 Å². The molecule has 2 fully saturated rings. The van der Waals surface area contributed by atoms with Crippen molar-refractivity contribution in [1.29, 1.82) is 5.26 Å². The van der Waals surface area contributed by atoms with E-state index in [0.717, 1.165) is 21.7 Å². The summed E-state index contributed by atoms with van der Waals surface area (Å²) >= 11 is 1.57. The maximum Gasteiger partial charge on any atom is 0.257 e. The normalized spacial score (nSPS) is 25.7. The predicted octanol–water partition coefficient (Wildman–Crippen LogP) is 3.31. The fourth-order valence-electron chi connectivity index (χ4n) is 5.51. The third kappa shape index (κ3) is 5.15. The zero-order valence-corrected chi connectivity index (χ0v) is 25.1. The highest BCUT2D eigenvalue weighted by atomic mass is 32.1. The van der Waals surface area contributed by atoms with E-state index >= 15 is 0 Å². The van der Waals surface area contributed by atoms with E-state index < -0.39 is 34.4 Å². The number of nitriles is 1. The summed E-state index contributed by atoms with van der Waals surface area (Å²) in [6.07, 6.45) is 1.17. The maximum atomic E-state index is 14.1. The molecule has 5 rings (SSSR count). The summed E-state index contributed by atoms with van der Waals surface area (Å²) in [5, 5.41) is 15.3. The van der Waals surface area contributed by atoms with Crippen LogP contribution in [0.2, 0.25) is 0 Å². The van der Waals surface area contributed by atoms with Gasteiger partial charge in [-0.3, -0.25) is 14.4 Å². The Balaban J connectivity index is 1.42. The molecule has 2 N–H and O–H groups in total. The van der Waals surface area contributed by atoms with Crippen molar-refractivity contribution >= 4 is 34.9 Å². The van der Waals surface area contributed by atoms with E-state index in [1.807, 2.05) is 57.5 Å². The van der Waals surface area contributed by atoms with Crippen LogP contribution in [0.1, 0.15) is 58.2 Å². The fraction of sp³-hybridized carbons (Fsp3) is 0.533. The van der Waals surface area contributed by atoms with Gasteiger partial charge in [-0.25, -0.2) is 9.98 Å². The summed E-state index contributed by atoms with van der Waals surface area (Å²) in [7, 11) is 1.59. The molecule has 41 heavy (non-hydrogen) atoms. The van der Waals surface area contributed by atoms with Gasteiger partial charge in [-0.15, -0.1) is 11.3 Å². The topological polar surface area (TPSA) is 137 Å². The molecule has 216 valence electrons. The first-order valence-electron chi connectivity index (χ1n) is 13.8. The lowest BCUT2D eigenvalue weighted by atomic mass is 9.85. The van der Waals surface area contributed by atoms with Crippen LogP contribution in [0.5, 0.6) is 0 Å². The van der Waals surface area contributed by atoms with E-state index in [9.17, 15) is 19.6 Å². The number of aliphatic imine (C=N–C) groups is 1. The minimum Gasteiger partial charge on any atom is -0.380 e. The largest absolute Gasteiger partial charge is 0.380 e. The van der Waals surface area contributed by atoms with Crippen molar-refractivity contribution in [3.05, 3.63) is 41.0 Å². The fourth-order valence-corrected chi connectivity index (χ4v) is 6.32. The molecule has 1 aromatic heterocycles. The van der Waals surface area contributed by atoms with E-state index in [0.29, 0.717) is 31.6 Å². The first-order valence-corrected chi connectivity index (χ1v) is 14.7. The number of hydrogen-bond acceptors (Lipinski definition) is 8. The molecule has 3 amide bonds. The van der Waals surface area contributed by atoms with Crippen molar-refractivity contribution in [2.45, 2.75) is 77.6 Å². The molecule has 1 aliphatic carbocycles. The molecule has 1 saturated carbocycles. The first kappa shape index (κ1) is 28.9. The van der Waals surface area contributed by atoms with Gasteiger partial charge in [0.2, 0.25) is 11.8 Å². The third-order valence-corrected chi connectivity index (χ3v) is 9.44. The number of likely N-dealkylation sites (tertiary alicyclic amines) is 1. The monoisotopic (exact) mass is 576 g/mol. The molecule has 3 heterocycles. The lowest BCUT2D eigenvalue weighted by Gasteiger charge is -2.36. The molecule has 0 spiro atoms. The highest BCUT2D eigenvalue weighted by molar-refractivity contribution is 7.13. The molecule has 1 saturated heterocycles. The number of methoxy groups -OCH3 is 1. The maximum absolute atomic E-state index is 14.1. The van der Waals surface area contributed by atoms with Gasteiger partial charge in [0.15, 0.2) is 5.54 Å². The van der Waals surface area contributed by atoms with Gasteiger partial charge in [0.1, 0.15) is 17.3 Å². The van der Waals surface area contributed by atoms with E-state index in [2.05, 4.69) is 21.7 Å². The molecule has 2 aromatic rings. The second-order valence-corrected chi connectivity index (χ2v) is 13.3. The van der Waals surface area contributed by atoms with Crippen molar-refractivity contribution in [3.8, 4) is 16.5 Å². The lowest BCUT2D eigenvalue weighted by Crippen LogP contribution is -2.58. The highest BCUT2D eigenvalue weighted by Gasteiger charge is 2.54. The third-order valence-electron chi connectivity index (χ3n) is 8.46. The molecule has 2 aliphatic heterocycles. The van der Waals surface area contributed by atoms with Gasteiger partial charge >= 0.3 is 0 Å². The number of carbonyl (C=O) groups excluding carboxylic acids is 3. The molecule has 3 aliphatic rings. The number of benzene rings is 1. The Kier molecular flexibility index (Phi) is 7.28. The van der Waals surface area contributed by atoms with Gasteiger partial charge < -0.3 is 20.3 Å². The number of aryl methyl sites for hydroxylation is 1. The van der Waals surface area contributed by atoms with Crippen LogP contribution in [0.4, 0.5) is 0 Å². The second kappa shape index (κ2) is 10.3. The Bertz CT molecular complexity index is 1450. The number of ether oxygens (including phenoxy) is 1. The minimum atomic E-state index is -1.17. The molecule has 1 aromatic carbocycles. The van der Waals surface area contributed by atoms with Gasteiger partial charge in [0.05, 0.1) is 34.3 Å². The SMILES string of the molecule is COC1C[C@H](C2=N[C@@](C)(c3ccc(-c4scnc4C)cc3)C(=O)N2)N(C(=O)C(NC(=O)C2(C#N)CC2)C(C)(C)C)C1. The summed E-state index contributed by atoms with van der Waals surface area (Å²) in [4.78, 5) is 52.4. The number of aromatic nitrogens is 1. The van der Waals surface area contributed by atoms with Gasteiger partial charge in [-0.05, 0) is 43.2 Å². The van der Waals surface area contributed by atoms with Crippen molar-refractivity contribution < 1.29 is 19.1 Å². The number of nitrogens with one attached hydrogen (secondary N) is 2. The summed E-state index contributed by atoms with van der Waals surface area (Å²) in [5.74, 6) is -0.572. The average molecular weight is 577 g/mol. The molecule has 10 nitrogen and oxygen atoms in total. The number of thiazole rings is 1. The summed E-state index contributed by atoms with van der Waals surface area (Å²) in [5.41, 5.74) is 1.68. The summed E-state index contributed by atoms with van der Waals surface area (Å²) in [6.45, 7) is 9.66. The molecular weight excluding hydrogens is 540 g/mol. The Labute approximate surface area is 244 Å².